The molecule has 0 bridgehead atoms. The third-order valence-electron chi connectivity index (χ3n) is 5.90. The molecule has 3 rings (SSSR count). The Morgan fingerprint density at radius 3 is 2.46 bits per heavy atom. The van der Waals surface area contributed by atoms with Gasteiger partial charge in [0, 0.05) is 25.8 Å². The van der Waals surface area contributed by atoms with Crippen LogP contribution < -0.4 is 11.1 Å². The number of hydrogen-bond donors (Lipinski definition) is 2. The second-order valence-electron chi connectivity index (χ2n) is 7.27. The molecule has 4 nitrogen and oxygen atoms in total. The van der Waals surface area contributed by atoms with Crippen molar-refractivity contribution in [3.05, 3.63) is 35.9 Å². The van der Waals surface area contributed by atoms with Gasteiger partial charge in [-0.25, -0.2) is 0 Å². The second-order valence-corrected chi connectivity index (χ2v) is 7.27. The molecule has 4 heteroatoms. The Kier molecular flexibility index (Phi) is 5.90. The Morgan fingerprint density at radius 2 is 1.83 bits per heavy atom. The zero-order chi connectivity index (χ0) is 16.8. The predicted molar refractivity (Wildman–Crippen MR) is 95.7 cm³/mol. The molecule has 2 fully saturated rings. The van der Waals surface area contributed by atoms with Gasteiger partial charge in [-0.2, -0.15) is 0 Å². The first-order chi connectivity index (χ1) is 11.8. The maximum atomic E-state index is 13.3. The van der Waals surface area contributed by atoms with E-state index in [1.807, 2.05) is 18.2 Å². The normalized spacial score (nSPS) is 22.7. The van der Waals surface area contributed by atoms with E-state index in [0.717, 1.165) is 18.4 Å². The van der Waals surface area contributed by atoms with E-state index >= 15 is 0 Å². The summed E-state index contributed by atoms with van der Waals surface area (Å²) in [5.41, 5.74) is 6.66. The number of carbonyl (C=O) groups excluding carboxylic acids is 1. The topological polar surface area (TPSA) is 64.3 Å². The van der Waals surface area contributed by atoms with Crippen molar-refractivity contribution in [3.8, 4) is 0 Å². The van der Waals surface area contributed by atoms with E-state index in [1.54, 1.807) is 0 Å². The lowest BCUT2D eigenvalue weighted by Crippen LogP contribution is -2.54. The van der Waals surface area contributed by atoms with Crippen LogP contribution in [0.15, 0.2) is 30.3 Å². The van der Waals surface area contributed by atoms with Gasteiger partial charge in [0.15, 0.2) is 0 Å². The number of carbonyl (C=O) groups is 1. The average molecular weight is 330 g/mol. The highest BCUT2D eigenvalue weighted by atomic mass is 16.5. The van der Waals surface area contributed by atoms with E-state index in [2.05, 4.69) is 17.4 Å². The monoisotopic (exact) mass is 330 g/mol. The second kappa shape index (κ2) is 8.13. The highest BCUT2D eigenvalue weighted by Gasteiger charge is 2.42. The summed E-state index contributed by atoms with van der Waals surface area (Å²) in [6.45, 7) is 1.80. The van der Waals surface area contributed by atoms with Crippen LogP contribution in [0.2, 0.25) is 0 Å². The average Bonchev–Trinajstić information content (AvgIpc) is 2.67. The van der Waals surface area contributed by atoms with Gasteiger partial charge in [-0.3, -0.25) is 4.79 Å². The van der Waals surface area contributed by atoms with Crippen molar-refractivity contribution >= 4 is 5.91 Å². The van der Waals surface area contributed by atoms with Crippen LogP contribution in [0.1, 0.15) is 50.5 Å². The number of hydrogen-bond acceptors (Lipinski definition) is 3. The fraction of sp³-hybridized carbons (Fsp3) is 0.650. The van der Waals surface area contributed by atoms with Crippen LogP contribution in [0.25, 0.3) is 0 Å². The highest BCUT2D eigenvalue weighted by Crippen LogP contribution is 2.36. The predicted octanol–water partition coefficient (Wildman–Crippen LogP) is 2.76. The van der Waals surface area contributed by atoms with Gasteiger partial charge in [0.2, 0.25) is 5.91 Å². The first kappa shape index (κ1) is 17.4. The van der Waals surface area contributed by atoms with E-state index in [0.29, 0.717) is 25.7 Å². The Hall–Kier alpha value is -1.39. The molecule has 1 aromatic rings. The summed E-state index contributed by atoms with van der Waals surface area (Å²) < 4.78 is 5.54. The lowest BCUT2D eigenvalue weighted by Gasteiger charge is -2.39. The molecule has 1 saturated heterocycles. The van der Waals surface area contributed by atoms with E-state index in [4.69, 9.17) is 10.5 Å². The van der Waals surface area contributed by atoms with Gasteiger partial charge < -0.3 is 15.8 Å². The molecule has 1 unspecified atom stereocenters. The van der Waals surface area contributed by atoms with Gasteiger partial charge in [0.05, 0.1) is 5.41 Å². The smallest absolute Gasteiger partial charge is 0.231 e. The molecule has 2 aliphatic rings. The number of nitrogens with one attached hydrogen (secondary N) is 1. The van der Waals surface area contributed by atoms with Crippen LogP contribution >= 0.6 is 0 Å². The largest absolute Gasteiger partial charge is 0.381 e. The Balaban J connectivity index is 1.78. The fourth-order valence-electron chi connectivity index (χ4n) is 4.34. The molecule has 0 spiro atoms. The molecule has 132 valence electrons. The van der Waals surface area contributed by atoms with Crippen LogP contribution in [0.4, 0.5) is 0 Å². The summed E-state index contributed by atoms with van der Waals surface area (Å²) in [5, 5.41) is 3.33. The standard InChI is InChI=1S/C20H30N2O2/c21-15-18(16-7-3-1-4-8-16)22-19(23)20(11-13-24-14-12-20)17-9-5-2-6-10-17/h2,5-6,9-10,16,18H,1,3-4,7-8,11-15,21H2,(H,22,23). The SMILES string of the molecule is NCC(NC(=O)C1(c2ccccc2)CCOCC1)C1CCCCC1. The first-order valence-electron chi connectivity index (χ1n) is 9.40. The Labute approximate surface area is 145 Å². The molecule has 1 aliphatic carbocycles. The molecular formula is C20H30N2O2. The number of nitrogens with two attached hydrogens (primary N) is 1. The molecule has 1 aliphatic heterocycles. The van der Waals surface area contributed by atoms with Gasteiger partial charge in [-0.05, 0) is 37.2 Å². The highest BCUT2D eigenvalue weighted by molar-refractivity contribution is 5.88. The van der Waals surface area contributed by atoms with Crippen molar-refractivity contribution in [1.29, 1.82) is 0 Å². The van der Waals surface area contributed by atoms with E-state index in [1.165, 1.54) is 32.1 Å². The third-order valence-corrected chi connectivity index (χ3v) is 5.90. The fourth-order valence-corrected chi connectivity index (χ4v) is 4.34. The molecule has 3 N–H and O–H groups in total. The van der Waals surface area contributed by atoms with E-state index in [-0.39, 0.29) is 11.9 Å². The number of ether oxygens (including phenoxy) is 1. The summed E-state index contributed by atoms with van der Waals surface area (Å²) in [4.78, 5) is 13.3. The van der Waals surface area contributed by atoms with Gasteiger partial charge >= 0.3 is 0 Å². The molecule has 24 heavy (non-hydrogen) atoms. The molecule has 1 aromatic carbocycles. The molecule has 1 atom stereocenters. The van der Waals surface area contributed by atoms with E-state index < -0.39 is 5.41 Å². The van der Waals surface area contributed by atoms with E-state index in [9.17, 15) is 4.79 Å². The zero-order valence-corrected chi connectivity index (χ0v) is 14.5. The maximum absolute atomic E-state index is 13.3. The quantitative estimate of drug-likeness (QED) is 0.872. The summed E-state index contributed by atoms with van der Waals surface area (Å²) in [7, 11) is 0. The molecule has 1 saturated carbocycles. The minimum absolute atomic E-state index is 0.0984. The Bertz CT molecular complexity index is 520. The Morgan fingerprint density at radius 1 is 1.17 bits per heavy atom. The van der Waals surface area contributed by atoms with Crippen molar-refractivity contribution in [2.45, 2.75) is 56.4 Å². The van der Waals surface area contributed by atoms with Crippen LogP contribution in [-0.2, 0) is 14.9 Å². The summed E-state index contributed by atoms with van der Waals surface area (Å²) in [5.74, 6) is 0.665. The van der Waals surface area contributed by atoms with Crippen molar-refractivity contribution < 1.29 is 9.53 Å². The van der Waals surface area contributed by atoms with Crippen molar-refractivity contribution in [3.63, 3.8) is 0 Å². The van der Waals surface area contributed by atoms with Gasteiger partial charge in [0.25, 0.3) is 0 Å². The van der Waals surface area contributed by atoms with Gasteiger partial charge in [-0.1, -0.05) is 49.6 Å². The van der Waals surface area contributed by atoms with Crippen molar-refractivity contribution in [2.75, 3.05) is 19.8 Å². The lowest BCUT2D eigenvalue weighted by atomic mass is 9.73. The van der Waals surface area contributed by atoms with Gasteiger partial charge in [0.1, 0.15) is 0 Å². The van der Waals surface area contributed by atoms with Crippen molar-refractivity contribution in [2.24, 2.45) is 11.7 Å². The molecule has 1 heterocycles. The minimum atomic E-state index is -0.471. The first-order valence-corrected chi connectivity index (χ1v) is 9.40. The van der Waals surface area contributed by atoms with Gasteiger partial charge in [-0.15, -0.1) is 0 Å². The minimum Gasteiger partial charge on any atom is -0.381 e. The van der Waals surface area contributed by atoms with Crippen LogP contribution in [0, 0.1) is 5.92 Å². The van der Waals surface area contributed by atoms with Crippen LogP contribution in [0.3, 0.4) is 0 Å². The summed E-state index contributed by atoms with van der Waals surface area (Å²) in [6, 6.07) is 10.3. The van der Waals surface area contributed by atoms with Crippen molar-refractivity contribution in [1.82, 2.24) is 5.32 Å². The number of rotatable bonds is 5. The third kappa shape index (κ3) is 3.65. The lowest BCUT2D eigenvalue weighted by molar-refractivity contribution is -0.131. The molecular weight excluding hydrogens is 300 g/mol. The van der Waals surface area contributed by atoms with Crippen LogP contribution in [-0.4, -0.2) is 31.7 Å². The summed E-state index contributed by atoms with van der Waals surface area (Å²) >= 11 is 0. The summed E-state index contributed by atoms with van der Waals surface area (Å²) in [6.07, 6.45) is 7.68. The number of amides is 1. The molecule has 0 aromatic heterocycles. The molecule has 0 radical (unpaired) electrons. The molecule has 1 amide bonds. The number of benzene rings is 1. The van der Waals surface area contributed by atoms with Crippen LogP contribution in [0.5, 0.6) is 0 Å². The zero-order valence-electron chi connectivity index (χ0n) is 14.5. The maximum Gasteiger partial charge on any atom is 0.231 e.